The number of hydrogen-bond acceptors (Lipinski definition) is 3. The minimum absolute atomic E-state index is 0.327. The van der Waals surface area contributed by atoms with Crippen LogP contribution in [0.5, 0.6) is 0 Å². The van der Waals surface area contributed by atoms with Crippen LogP contribution in [0.3, 0.4) is 0 Å². The molecule has 0 aromatic heterocycles. The molecule has 0 radical (unpaired) electrons. The first-order valence-electron chi connectivity index (χ1n) is 5.68. The van der Waals surface area contributed by atoms with Gasteiger partial charge in [0.15, 0.2) is 0 Å². The first-order chi connectivity index (χ1) is 6.63. The highest BCUT2D eigenvalue weighted by Gasteiger charge is 2.26. The lowest BCUT2D eigenvalue weighted by atomic mass is 9.74. The monoisotopic (exact) mass is 201 g/mol. The summed E-state index contributed by atoms with van der Waals surface area (Å²) in [6.07, 6.45) is 4.57. The SMILES string of the molecule is CC1CC(CCC(N)O)CCC1CO. The molecule has 0 aromatic rings. The number of aliphatic hydroxyl groups is 2. The summed E-state index contributed by atoms with van der Waals surface area (Å²) >= 11 is 0. The Hall–Kier alpha value is -0.120. The Balaban J connectivity index is 2.24. The molecule has 4 atom stereocenters. The van der Waals surface area contributed by atoms with E-state index in [9.17, 15) is 0 Å². The highest BCUT2D eigenvalue weighted by molar-refractivity contribution is 4.77. The van der Waals surface area contributed by atoms with Gasteiger partial charge in [-0.05, 0) is 43.4 Å². The van der Waals surface area contributed by atoms with Crippen LogP contribution < -0.4 is 5.73 Å². The van der Waals surface area contributed by atoms with Crippen molar-refractivity contribution in [3.05, 3.63) is 0 Å². The molecule has 0 aromatic carbocycles. The van der Waals surface area contributed by atoms with Crippen LogP contribution in [-0.4, -0.2) is 23.0 Å². The van der Waals surface area contributed by atoms with Crippen molar-refractivity contribution in [2.45, 2.75) is 45.3 Å². The Bertz CT molecular complexity index is 161. The molecule has 1 aliphatic carbocycles. The van der Waals surface area contributed by atoms with E-state index >= 15 is 0 Å². The highest BCUT2D eigenvalue weighted by Crippen LogP contribution is 2.35. The van der Waals surface area contributed by atoms with E-state index in [0.29, 0.717) is 30.8 Å². The van der Waals surface area contributed by atoms with Gasteiger partial charge in [-0.3, -0.25) is 0 Å². The Kier molecular flexibility index (Phi) is 4.85. The predicted molar refractivity (Wildman–Crippen MR) is 56.5 cm³/mol. The molecule has 1 fully saturated rings. The second-order valence-electron chi connectivity index (χ2n) is 4.74. The average molecular weight is 201 g/mol. The summed E-state index contributed by atoms with van der Waals surface area (Å²) in [5.41, 5.74) is 5.31. The first kappa shape index (κ1) is 12.0. The third-order valence-electron chi connectivity index (χ3n) is 3.56. The van der Waals surface area contributed by atoms with Gasteiger partial charge in [-0.2, -0.15) is 0 Å². The van der Waals surface area contributed by atoms with Crippen molar-refractivity contribution in [2.24, 2.45) is 23.5 Å². The minimum atomic E-state index is -0.652. The van der Waals surface area contributed by atoms with Crippen LogP contribution in [0.1, 0.15) is 39.0 Å². The molecule has 0 spiro atoms. The molecule has 14 heavy (non-hydrogen) atoms. The van der Waals surface area contributed by atoms with Crippen LogP contribution >= 0.6 is 0 Å². The predicted octanol–water partition coefficient (Wildman–Crippen LogP) is 1.09. The van der Waals surface area contributed by atoms with Gasteiger partial charge >= 0.3 is 0 Å². The highest BCUT2D eigenvalue weighted by atomic mass is 16.3. The number of rotatable bonds is 4. The van der Waals surface area contributed by atoms with Gasteiger partial charge in [-0.25, -0.2) is 0 Å². The fourth-order valence-electron chi connectivity index (χ4n) is 2.51. The minimum Gasteiger partial charge on any atom is -0.396 e. The van der Waals surface area contributed by atoms with Gasteiger partial charge in [0.2, 0.25) is 0 Å². The van der Waals surface area contributed by atoms with Crippen molar-refractivity contribution in [3.8, 4) is 0 Å². The van der Waals surface area contributed by atoms with Gasteiger partial charge in [0.1, 0.15) is 6.23 Å². The maximum Gasteiger partial charge on any atom is 0.102 e. The van der Waals surface area contributed by atoms with Gasteiger partial charge in [0.25, 0.3) is 0 Å². The molecule has 1 aliphatic rings. The normalized spacial score (nSPS) is 35.6. The van der Waals surface area contributed by atoms with Crippen molar-refractivity contribution < 1.29 is 10.2 Å². The molecule has 0 amide bonds. The van der Waals surface area contributed by atoms with E-state index in [1.54, 1.807) is 0 Å². The van der Waals surface area contributed by atoms with Crippen molar-refractivity contribution in [2.75, 3.05) is 6.61 Å². The summed E-state index contributed by atoms with van der Waals surface area (Å²) in [7, 11) is 0. The summed E-state index contributed by atoms with van der Waals surface area (Å²) in [6.45, 7) is 2.54. The molecular weight excluding hydrogens is 178 g/mol. The average Bonchev–Trinajstić information content (AvgIpc) is 2.15. The van der Waals surface area contributed by atoms with Gasteiger partial charge in [-0.1, -0.05) is 13.3 Å². The van der Waals surface area contributed by atoms with Crippen LogP contribution in [0.25, 0.3) is 0 Å². The van der Waals surface area contributed by atoms with E-state index in [2.05, 4.69) is 6.92 Å². The van der Waals surface area contributed by atoms with Crippen molar-refractivity contribution in [1.82, 2.24) is 0 Å². The van der Waals surface area contributed by atoms with E-state index in [0.717, 1.165) is 12.8 Å². The first-order valence-corrected chi connectivity index (χ1v) is 5.68. The zero-order valence-electron chi connectivity index (χ0n) is 9.02. The number of nitrogens with two attached hydrogens (primary N) is 1. The third-order valence-corrected chi connectivity index (χ3v) is 3.56. The van der Waals surface area contributed by atoms with Crippen molar-refractivity contribution >= 4 is 0 Å². The molecule has 0 saturated heterocycles. The maximum absolute atomic E-state index is 9.11. The van der Waals surface area contributed by atoms with Gasteiger partial charge in [0.05, 0.1) is 0 Å². The third kappa shape index (κ3) is 3.56. The summed E-state index contributed by atoms with van der Waals surface area (Å²) in [5, 5.41) is 18.1. The van der Waals surface area contributed by atoms with Gasteiger partial charge < -0.3 is 15.9 Å². The van der Waals surface area contributed by atoms with E-state index in [4.69, 9.17) is 15.9 Å². The van der Waals surface area contributed by atoms with Crippen LogP contribution in [0.15, 0.2) is 0 Å². The van der Waals surface area contributed by atoms with E-state index in [1.165, 1.54) is 12.8 Å². The lowest BCUT2D eigenvalue weighted by Crippen LogP contribution is -2.27. The van der Waals surface area contributed by atoms with Crippen LogP contribution in [-0.2, 0) is 0 Å². The van der Waals surface area contributed by atoms with E-state index in [1.807, 2.05) is 0 Å². The topological polar surface area (TPSA) is 66.5 Å². The Labute approximate surface area is 86.3 Å². The van der Waals surface area contributed by atoms with E-state index in [-0.39, 0.29) is 0 Å². The molecule has 1 saturated carbocycles. The quantitative estimate of drug-likeness (QED) is 0.596. The molecule has 0 bridgehead atoms. The largest absolute Gasteiger partial charge is 0.396 e. The summed E-state index contributed by atoms with van der Waals surface area (Å²) < 4.78 is 0. The molecule has 4 N–H and O–H groups in total. The molecular formula is C11H23NO2. The standard InChI is InChI=1S/C11H23NO2/c1-8-6-9(3-5-11(12)14)2-4-10(8)7-13/h8-11,13-14H,2-7,12H2,1H3. The Morgan fingerprint density at radius 2 is 2.14 bits per heavy atom. The molecule has 4 unspecified atom stereocenters. The summed E-state index contributed by atoms with van der Waals surface area (Å²) in [5.74, 6) is 1.81. The van der Waals surface area contributed by atoms with Gasteiger partial charge in [0, 0.05) is 6.61 Å². The fourth-order valence-corrected chi connectivity index (χ4v) is 2.51. The Morgan fingerprint density at radius 1 is 1.43 bits per heavy atom. The fraction of sp³-hybridized carbons (Fsp3) is 1.00. The molecule has 1 rings (SSSR count). The summed E-state index contributed by atoms with van der Waals surface area (Å²) in [4.78, 5) is 0. The molecule has 3 heteroatoms. The lowest BCUT2D eigenvalue weighted by Gasteiger charge is -2.33. The van der Waals surface area contributed by atoms with Gasteiger partial charge in [-0.15, -0.1) is 0 Å². The molecule has 84 valence electrons. The van der Waals surface area contributed by atoms with Crippen LogP contribution in [0, 0.1) is 17.8 Å². The zero-order valence-corrected chi connectivity index (χ0v) is 9.02. The van der Waals surface area contributed by atoms with Crippen molar-refractivity contribution in [1.29, 1.82) is 0 Å². The van der Waals surface area contributed by atoms with Crippen LogP contribution in [0.4, 0.5) is 0 Å². The molecule has 0 heterocycles. The second kappa shape index (κ2) is 5.69. The maximum atomic E-state index is 9.11. The Morgan fingerprint density at radius 3 is 2.64 bits per heavy atom. The van der Waals surface area contributed by atoms with E-state index < -0.39 is 6.23 Å². The van der Waals surface area contributed by atoms with Crippen LogP contribution in [0.2, 0.25) is 0 Å². The number of aliphatic hydroxyl groups excluding tert-OH is 2. The zero-order chi connectivity index (χ0) is 10.6. The molecule has 0 aliphatic heterocycles. The molecule has 3 nitrogen and oxygen atoms in total. The summed E-state index contributed by atoms with van der Waals surface area (Å²) in [6, 6.07) is 0. The lowest BCUT2D eigenvalue weighted by molar-refractivity contribution is 0.102. The second-order valence-corrected chi connectivity index (χ2v) is 4.74. The van der Waals surface area contributed by atoms with Crippen molar-refractivity contribution in [3.63, 3.8) is 0 Å². The number of hydrogen-bond donors (Lipinski definition) is 3. The smallest absolute Gasteiger partial charge is 0.102 e.